The van der Waals surface area contributed by atoms with Gasteiger partial charge in [0.2, 0.25) is 0 Å². The quantitative estimate of drug-likeness (QED) is 0.0155. The third-order valence-electron chi connectivity index (χ3n) is 8.10. The summed E-state index contributed by atoms with van der Waals surface area (Å²) in [6.45, 7) is 2.09. The van der Waals surface area contributed by atoms with Gasteiger partial charge >= 0.3 is 19.8 Å². The Morgan fingerprint density at radius 3 is 1.73 bits per heavy atom. The molecule has 56 heavy (non-hydrogen) atoms. The Bertz CT molecular complexity index is 1220. The molecule has 0 rings (SSSR count). The molecule has 0 spiro atoms. The molecule has 0 aliphatic carbocycles. The van der Waals surface area contributed by atoms with Crippen molar-refractivity contribution in [2.75, 3.05) is 26.4 Å². The molecule has 4 N–H and O–H groups in total. The molecule has 0 heterocycles. The summed E-state index contributed by atoms with van der Waals surface area (Å²) in [5, 5.41) is 28.3. The highest BCUT2D eigenvalue weighted by atomic mass is 31.2. The highest BCUT2D eigenvalue weighted by molar-refractivity contribution is 7.47. The predicted molar refractivity (Wildman–Crippen MR) is 225 cm³/mol. The summed E-state index contributed by atoms with van der Waals surface area (Å²) in [6.07, 6.45) is 41.6. The molecule has 0 aromatic carbocycles. The van der Waals surface area contributed by atoms with E-state index in [2.05, 4.69) is 60.9 Å². The molecule has 4 atom stereocenters. The second-order valence-corrected chi connectivity index (χ2v) is 15.0. The van der Waals surface area contributed by atoms with E-state index in [1.807, 2.05) is 36.5 Å². The molecule has 0 amide bonds. The lowest BCUT2D eigenvalue weighted by Gasteiger charge is -2.20. The molecule has 0 aliphatic rings. The van der Waals surface area contributed by atoms with Gasteiger partial charge in [-0.25, -0.2) is 4.57 Å². The number of hydrogen-bond donors (Lipinski definition) is 4. The van der Waals surface area contributed by atoms with Gasteiger partial charge in [0.1, 0.15) is 12.7 Å². The minimum atomic E-state index is -4.66. The van der Waals surface area contributed by atoms with Crippen LogP contribution in [0.2, 0.25) is 0 Å². The highest BCUT2D eigenvalue weighted by Gasteiger charge is 2.27. The predicted octanol–water partition coefficient (Wildman–Crippen LogP) is 9.63. The van der Waals surface area contributed by atoms with Gasteiger partial charge in [0.25, 0.3) is 0 Å². The normalized spacial score (nSPS) is 15.3. The van der Waals surface area contributed by atoms with Crippen molar-refractivity contribution in [1.29, 1.82) is 0 Å². The average Bonchev–Trinajstić information content (AvgIpc) is 3.18. The Morgan fingerprint density at radius 2 is 1.12 bits per heavy atom. The van der Waals surface area contributed by atoms with Gasteiger partial charge < -0.3 is 29.7 Å². The van der Waals surface area contributed by atoms with Crippen LogP contribution in [-0.2, 0) is 32.7 Å². The molecule has 0 bridgehead atoms. The largest absolute Gasteiger partial charge is 0.472 e. The molecule has 1 unspecified atom stereocenters. The molecule has 0 aromatic heterocycles. The maximum Gasteiger partial charge on any atom is 0.472 e. The number of phosphoric acid groups is 1. The van der Waals surface area contributed by atoms with E-state index in [1.165, 1.54) is 38.5 Å². The highest BCUT2D eigenvalue weighted by Crippen LogP contribution is 2.43. The SMILES string of the molecule is CCCCC/C=C\C/C=C\C/C=C\CCCCC(=O)OC[C@H](COP(=O)(O)OC[C@@H](O)CO)OC(=O)CCC/C=C\C/C=C\C=C\[C@@H](O)C/C=C\CCCCC. The van der Waals surface area contributed by atoms with Crippen LogP contribution in [-0.4, -0.2) is 76.9 Å². The minimum absolute atomic E-state index is 0.0633. The van der Waals surface area contributed by atoms with Crippen molar-refractivity contribution in [3.63, 3.8) is 0 Å². The molecular formula is C44H73O11P. The van der Waals surface area contributed by atoms with E-state index in [-0.39, 0.29) is 19.4 Å². The van der Waals surface area contributed by atoms with Crippen molar-refractivity contribution in [2.24, 2.45) is 0 Å². The van der Waals surface area contributed by atoms with E-state index in [0.717, 1.165) is 38.5 Å². The first-order chi connectivity index (χ1) is 27.1. The van der Waals surface area contributed by atoms with Crippen molar-refractivity contribution in [3.8, 4) is 0 Å². The Labute approximate surface area is 337 Å². The van der Waals surface area contributed by atoms with Crippen molar-refractivity contribution in [2.45, 2.75) is 154 Å². The van der Waals surface area contributed by atoms with Crippen molar-refractivity contribution in [3.05, 3.63) is 85.1 Å². The first-order valence-corrected chi connectivity index (χ1v) is 22.1. The minimum Gasteiger partial charge on any atom is -0.462 e. The lowest BCUT2D eigenvalue weighted by atomic mass is 10.1. The van der Waals surface area contributed by atoms with Crippen molar-refractivity contribution < 1.29 is 52.9 Å². The molecular weight excluding hydrogens is 735 g/mol. The van der Waals surface area contributed by atoms with Crippen LogP contribution in [0, 0.1) is 0 Å². The van der Waals surface area contributed by atoms with Crippen LogP contribution in [0.1, 0.15) is 136 Å². The topological polar surface area (TPSA) is 169 Å². The van der Waals surface area contributed by atoms with E-state index in [1.54, 1.807) is 6.08 Å². The fourth-order valence-corrected chi connectivity index (χ4v) is 5.63. The van der Waals surface area contributed by atoms with Gasteiger partial charge in [-0.1, -0.05) is 125 Å². The molecule has 0 fully saturated rings. The van der Waals surface area contributed by atoms with E-state index < -0.39 is 57.9 Å². The van der Waals surface area contributed by atoms with Crippen LogP contribution in [0.15, 0.2) is 85.1 Å². The van der Waals surface area contributed by atoms with Gasteiger partial charge in [0, 0.05) is 12.8 Å². The number of unbranched alkanes of at least 4 members (excludes halogenated alkanes) is 9. The average molecular weight is 809 g/mol. The van der Waals surface area contributed by atoms with Crippen LogP contribution in [0.5, 0.6) is 0 Å². The smallest absolute Gasteiger partial charge is 0.462 e. The Kier molecular flexibility index (Phi) is 36.9. The van der Waals surface area contributed by atoms with Crippen LogP contribution in [0.4, 0.5) is 0 Å². The number of aliphatic hydroxyl groups excluding tert-OH is 3. The maximum absolute atomic E-state index is 12.6. The van der Waals surface area contributed by atoms with Crippen molar-refractivity contribution >= 4 is 19.8 Å². The third-order valence-corrected chi connectivity index (χ3v) is 9.05. The molecule has 0 radical (unpaired) electrons. The Morgan fingerprint density at radius 1 is 0.607 bits per heavy atom. The van der Waals surface area contributed by atoms with E-state index in [0.29, 0.717) is 32.1 Å². The van der Waals surface area contributed by atoms with E-state index in [4.69, 9.17) is 19.1 Å². The summed E-state index contributed by atoms with van der Waals surface area (Å²) in [7, 11) is -4.66. The number of carbonyl (C=O) groups excluding carboxylic acids is 2. The van der Waals surface area contributed by atoms with Gasteiger partial charge in [-0.3, -0.25) is 18.6 Å². The second-order valence-electron chi connectivity index (χ2n) is 13.5. The summed E-state index contributed by atoms with van der Waals surface area (Å²) in [4.78, 5) is 34.9. The number of aliphatic hydroxyl groups is 3. The fraction of sp³-hybridized carbons (Fsp3) is 0.636. The second kappa shape index (κ2) is 39.0. The molecule has 12 heteroatoms. The Hall–Kier alpha value is -2.89. The number of phosphoric ester groups is 1. The zero-order valence-corrected chi connectivity index (χ0v) is 35.1. The third kappa shape index (κ3) is 38.0. The number of rotatable bonds is 37. The molecule has 0 saturated heterocycles. The van der Waals surface area contributed by atoms with Crippen LogP contribution >= 0.6 is 7.82 Å². The zero-order valence-electron chi connectivity index (χ0n) is 34.2. The summed E-state index contributed by atoms with van der Waals surface area (Å²) >= 11 is 0. The maximum atomic E-state index is 12.6. The van der Waals surface area contributed by atoms with E-state index >= 15 is 0 Å². The van der Waals surface area contributed by atoms with Gasteiger partial charge in [-0.15, -0.1) is 0 Å². The molecule has 11 nitrogen and oxygen atoms in total. The number of carbonyl (C=O) groups is 2. The first kappa shape index (κ1) is 53.1. The molecule has 0 aromatic rings. The van der Waals surface area contributed by atoms with Crippen molar-refractivity contribution in [1.82, 2.24) is 0 Å². The molecule has 320 valence electrons. The number of hydrogen-bond acceptors (Lipinski definition) is 10. The summed E-state index contributed by atoms with van der Waals surface area (Å²) < 4.78 is 32.5. The Balaban J connectivity index is 4.58. The fourth-order valence-electron chi connectivity index (χ4n) is 4.84. The lowest BCUT2D eigenvalue weighted by molar-refractivity contribution is -0.161. The molecule has 0 saturated carbocycles. The van der Waals surface area contributed by atoms with Gasteiger partial charge in [0.15, 0.2) is 6.10 Å². The summed E-state index contributed by atoms with van der Waals surface area (Å²) in [6, 6.07) is 0. The summed E-state index contributed by atoms with van der Waals surface area (Å²) in [5.74, 6) is -1.08. The van der Waals surface area contributed by atoms with Gasteiger partial charge in [0.05, 0.1) is 25.9 Å². The van der Waals surface area contributed by atoms with Crippen LogP contribution in [0.25, 0.3) is 0 Å². The van der Waals surface area contributed by atoms with E-state index in [9.17, 15) is 29.3 Å². The lowest BCUT2D eigenvalue weighted by Crippen LogP contribution is -2.29. The monoisotopic (exact) mass is 808 g/mol. The summed E-state index contributed by atoms with van der Waals surface area (Å²) in [5.41, 5.74) is 0. The van der Waals surface area contributed by atoms with Crippen LogP contribution < -0.4 is 0 Å². The standard InChI is InChI=1S/C44H73O11P/c1-3-5-7-9-11-12-13-14-15-16-17-18-22-26-30-34-43(48)52-38-42(39-54-56(50,51)53-37-41(47)36-45)55-44(49)35-31-27-23-20-19-21-25-29-33-40(46)32-28-24-10-8-6-4-2/h11-12,14-15,17-18,20-21,23-25,28-29,33,40-42,45-47H,3-10,13,16,19,22,26-27,30-32,34-39H2,1-2H3,(H,50,51)/b12-11-,15-14-,18-17-,23-20-,25-21-,28-24-,33-29+/t40-,41-,42+/m0/s1. The van der Waals surface area contributed by atoms with Gasteiger partial charge in [-0.2, -0.15) is 0 Å². The van der Waals surface area contributed by atoms with Gasteiger partial charge in [-0.05, 0) is 83.5 Å². The van der Waals surface area contributed by atoms with Crippen LogP contribution in [0.3, 0.4) is 0 Å². The first-order valence-electron chi connectivity index (χ1n) is 20.7. The molecule has 0 aliphatic heterocycles. The number of esters is 2. The zero-order chi connectivity index (χ0) is 41.4. The number of allylic oxidation sites excluding steroid dienone is 12. The number of ether oxygens (including phenoxy) is 2.